The number of nitrogens with one attached hydrogen (secondary N) is 1. The number of hydrogen-bond donors (Lipinski definition) is 1. The lowest BCUT2D eigenvalue weighted by atomic mass is 9.99. The molecular weight excluding hydrogens is 196 g/mol. The van der Waals surface area contributed by atoms with Crippen molar-refractivity contribution in [2.75, 3.05) is 25.0 Å². The second-order valence-electron chi connectivity index (χ2n) is 4.77. The lowest BCUT2D eigenvalue weighted by Gasteiger charge is -2.19. The van der Waals surface area contributed by atoms with Crippen LogP contribution in [0.4, 0.5) is 5.69 Å². The zero-order valence-electron chi connectivity index (χ0n) is 10.7. The molecule has 2 atom stereocenters. The highest BCUT2D eigenvalue weighted by atomic mass is 15.1. The number of nitrogens with zero attached hydrogens (tertiary/aromatic N) is 1. The van der Waals surface area contributed by atoms with Gasteiger partial charge in [-0.1, -0.05) is 19.1 Å². The lowest BCUT2D eigenvalue weighted by Crippen LogP contribution is -2.20. The summed E-state index contributed by atoms with van der Waals surface area (Å²) in [5.41, 5.74) is 4.33. The van der Waals surface area contributed by atoms with Crippen LogP contribution >= 0.6 is 0 Å². The molecular formula is C14H22N2. The fourth-order valence-corrected chi connectivity index (χ4v) is 2.51. The van der Waals surface area contributed by atoms with Gasteiger partial charge in [0.1, 0.15) is 0 Å². The highest BCUT2D eigenvalue weighted by molar-refractivity contribution is 5.61. The predicted octanol–water partition coefficient (Wildman–Crippen LogP) is 2.91. The first kappa shape index (κ1) is 11.5. The van der Waals surface area contributed by atoms with Crippen molar-refractivity contribution in [1.82, 2.24) is 5.32 Å². The number of rotatable bonds is 3. The van der Waals surface area contributed by atoms with Crippen molar-refractivity contribution >= 4 is 5.69 Å². The van der Waals surface area contributed by atoms with Gasteiger partial charge in [0.25, 0.3) is 0 Å². The third-order valence-electron chi connectivity index (χ3n) is 3.74. The molecule has 1 N–H and O–H groups in total. The van der Waals surface area contributed by atoms with Crippen LogP contribution in [-0.2, 0) is 0 Å². The van der Waals surface area contributed by atoms with Gasteiger partial charge in [0.05, 0.1) is 0 Å². The van der Waals surface area contributed by atoms with Gasteiger partial charge in [0.2, 0.25) is 0 Å². The van der Waals surface area contributed by atoms with Gasteiger partial charge >= 0.3 is 0 Å². The van der Waals surface area contributed by atoms with E-state index in [-0.39, 0.29) is 0 Å². The Balaban J connectivity index is 2.37. The van der Waals surface area contributed by atoms with Crippen LogP contribution in [0.2, 0.25) is 0 Å². The fourth-order valence-electron chi connectivity index (χ4n) is 2.51. The summed E-state index contributed by atoms with van der Waals surface area (Å²) in [7, 11) is 2.01. The Kier molecular flexibility index (Phi) is 3.20. The minimum absolute atomic E-state index is 0.430. The van der Waals surface area contributed by atoms with Crippen LogP contribution in [0, 0.1) is 0 Å². The van der Waals surface area contributed by atoms with Gasteiger partial charge < -0.3 is 10.2 Å². The molecule has 0 fully saturated rings. The summed E-state index contributed by atoms with van der Waals surface area (Å²) >= 11 is 0. The van der Waals surface area contributed by atoms with Gasteiger partial charge in [-0.05, 0) is 38.1 Å². The molecule has 88 valence electrons. The molecule has 2 heteroatoms. The first-order valence-electron chi connectivity index (χ1n) is 6.23. The van der Waals surface area contributed by atoms with Crippen molar-refractivity contribution in [3.63, 3.8) is 0 Å². The average Bonchev–Trinajstić information content (AvgIpc) is 2.64. The molecule has 2 unspecified atom stereocenters. The molecule has 0 saturated heterocycles. The molecule has 1 aromatic carbocycles. The Hall–Kier alpha value is -1.02. The van der Waals surface area contributed by atoms with Crippen LogP contribution in [0.3, 0.4) is 0 Å². The Morgan fingerprint density at radius 3 is 2.88 bits per heavy atom. The minimum Gasteiger partial charge on any atom is -0.371 e. The smallest absolute Gasteiger partial charge is 0.0405 e. The number of benzene rings is 1. The molecule has 0 bridgehead atoms. The highest BCUT2D eigenvalue weighted by Crippen LogP contribution is 2.37. The molecule has 1 aliphatic heterocycles. The van der Waals surface area contributed by atoms with E-state index < -0.39 is 0 Å². The van der Waals surface area contributed by atoms with Crippen molar-refractivity contribution in [2.45, 2.75) is 32.7 Å². The summed E-state index contributed by atoms with van der Waals surface area (Å²) in [6, 6.07) is 7.35. The van der Waals surface area contributed by atoms with Crippen molar-refractivity contribution in [3.8, 4) is 0 Å². The van der Waals surface area contributed by atoms with Gasteiger partial charge in [0.15, 0.2) is 0 Å². The first-order chi connectivity index (χ1) is 7.67. The minimum atomic E-state index is 0.430. The summed E-state index contributed by atoms with van der Waals surface area (Å²) in [5, 5.41) is 3.30. The molecule has 1 aliphatic rings. The normalized spacial score (nSPS) is 21.0. The Labute approximate surface area is 98.7 Å². The topological polar surface area (TPSA) is 15.3 Å². The van der Waals surface area contributed by atoms with Gasteiger partial charge in [-0.3, -0.25) is 0 Å². The third-order valence-corrected chi connectivity index (χ3v) is 3.74. The van der Waals surface area contributed by atoms with E-state index in [2.05, 4.69) is 49.2 Å². The molecule has 0 amide bonds. The monoisotopic (exact) mass is 218 g/mol. The zero-order valence-corrected chi connectivity index (χ0v) is 10.7. The first-order valence-corrected chi connectivity index (χ1v) is 6.23. The summed E-state index contributed by atoms with van der Waals surface area (Å²) in [6.07, 6.45) is 0. The largest absolute Gasteiger partial charge is 0.371 e. The molecule has 0 aromatic heterocycles. The average molecular weight is 218 g/mol. The molecule has 0 aliphatic carbocycles. The van der Waals surface area contributed by atoms with E-state index in [0.717, 1.165) is 6.54 Å². The second-order valence-corrected chi connectivity index (χ2v) is 4.77. The van der Waals surface area contributed by atoms with E-state index in [0.29, 0.717) is 12.0 Å². The molecule has 0 saturated carbocycles. The predicted molar refractivity (Wildman–Crippen MR) is 70.2 cm³/mol. The van der Waals surface area contributed by atoms with Crippen LogP contribution in [0.25, 0.3) is 0 Å². The second kappa shape index (κ2) is 4.46. The maximum Gasteiger partial charge on any atom is 0.0405 e. The molecule has 1 heterocycles. The van der Waals surface area contributed by atoms with Crippen LogP contribution in [0.15, 0.2) is 18.2 Å². The van der Waals surface area contributed by atoms with E-state index in [1.807, 2.05) is 7.05 Å². The zero-order chi connectivity index (χ0) is 11.7. The van der Waals surface area contributed by atoms with E-state index in [1.165, 1.54) is 23.4 Å². The van der Waals surface area contributed by atoms with Crippen LogP contribution in [0.5, 0.6) is 0 Å². The Morgan fingerprint density at radius 1 is 1.50 bits per heavy atom. The van der Waals surface area contributed by atoms with Crippen molar-refractivity contribution in [2.24, 2.45) is 0 Å². The number of likely N-dealkylation sites (N-methyl/N-ethyl adjacent to an activating group) is 1. The highest BCUT2D eigenvalue weighted by Gasteiger charge is 2.24. The van der Waals surface area contributed by atoms with E-state index in [1.54, 1.807) is 0 Å². The lowest BCUT2D eigenvalue weighted by molar-refractivity contribution is 0.652. The van der Waals surface area contributed by atoms with Crippen LogP contribution < -0.4 is 10.2 Å². The van der Waals surface area contributed by atoms with Gasteiger partial charge in [-0.2, -0.15) is 0 Å². The van der Waals surface area contributed by atoms with Crippen molar-refractivity contribution < 1.29 is 0 Å². The fraction of sp³-hybridized carbons (Fsp3) is 0.571. The van der Waals surface area contributed by atoms with Crippen molar-refractivity contribution in [3.05, 3.63) is 29.3 Å². The Bertz CT molecular complexity index is 373. The van der Waals surface area contributed by atoms with Crippen LogP contribution in [0.1, 0.15) is 43.9 Å². The van der Waals surface area contributed by atoms with E-state index >= 15 is 0 Å². The summed E-state index contributed by atoms with van der Waals surface area (Å²) < 4.78 is 0. The number of hydrogen-bond acceptors (Lipinski definition) is 2. The summed E-state index contributed by atoms with van der Waals surface area (Å²) in [6.45, 7) is 9.03. The van der Waals surface area contributed by atoms with Crippen molar-refractivity contribution in [1.29, 1.82) is 0 Å². The number of anilines is 1. The quantitative estimate of drug-likeness (QED) is 0.839. The van der Waals surface area contributed by atoms with Gasteiger partial charge in [-0.15, -0.1) is 0 Å². The Morgan fingerprint density at radius 2 is 2.25 bits per heavy atom. The summed E-state index contributed by atoms with van der Waals surface area (Å²) in [5.74, 6) is 0.675. The van der Waals surface area contributed by atoms with E-state index in [4.69, 9.17) is 0 Å². The molecule has 2 rings (SSSR count). The molecule has 0 radical (unpaired) electrons. The SMILES string of the molecule is CCN1CC(C)c2ccc(C(C)NC)cc21. The molecule has 0 spiro atoms. The van der Waals surface area contributed by atoms with E-state index in [9.17, 15) is 0 Å². The molecule has 16 heavy (non-hydrogen) atoms. The standard InChI is InChI=1S/C14H22N2/c1-5-16-9-10(2)13-7-6-12(8-14(13)16)11(3)15-4/h6-8,10-11,15H,5,9H2,1-4H3. The maximum atomic E-state index is 3.30. The number of fused-ring (bicyclic) bond motifs is 1. The molecule has 2 nitrogen and oxygen atoms in total. The van der Waals surface area contributed by atoms with Crippen LogP contribution in [-0.4, -0.2) is 20.1 Å². The summed E-state index contributed by atoms with van der Waals surface area (Å²) in [4.78, 5) is 2.48. The van der Waals surface area contributed by atoms with Gasteiger partial charge in [-0.25, -0.2) is 0 Å². The third kappa shape index (κ3) is 1.82. The molecule has 1 aromatic rings. The maximum absolute atomic E-state index is 3.30. The van der Waals surface area contributed by atoms with Gasteiger partial charge in [0, 0.05) is 30.7 Å².